The summed E-state index contributed by atoms with van der Waals surface area (Å²) in [7, 11) is 0. The Labute approximate surface area is 126 Å². The smallest absolute Gasteiger partial charge is 0.223 e. The van der Waals surface area contributed by atoms with E-state index in [1.165, 1.54) is 4.88 Å². The third kappa shape index (κ3) is 3.10. The number of rotatable bonds is 6. The summed E-state index contributed by atoms with van der Waals surface area (Å²) in [5.74, 6) is 1.12. The van der Waals surface area contributed by atoms with Crippen molar-refractivity contribution in [2.24, 2.45) is 0 Å². The van der Waals surface area contributed by atoms with Gasteiger partial charge in [0, 0.05) is 24.2 Å². The van der Waals surface area contributed by atoms with Crippen molar-refractivity contribution < 1.29 is 0 Å². The predicted octanol–water partition coefficient (Wildman–Crippen LogP) is 1.93. The number of nitrogen functional groups attached to an aromatic ring is 1. The van der Waals surface area contributed by atoms with Crippen LogP contribution in [0.4, 0.5) is 11.8 Å². The molecule has 0 aromatic carbocycles. The minimum Gasteiger partial charge on any atom is -0.369 e. The van der Waals surface area contributed by atoms with E-state index in [2.05, 4.69) is 38.6 Å². The van der Waals surface area contributed by atoms with Crippen molar-refractivity contribution in [1.82, 2.24) is 25.0 Å². The van der Waals surface area contributed by atoms with Gasteiger partial charge in [-0.1, -0.05) is 12.1 Å². The van der Waals surface area contributed by atoms with Crippen LogP contribution in [-0.2, 0) is 13.0 Å². The van der Waals surface area contributed by atoms with Crippen LogP contribution in [0, 0.1) is 0 Å². The maximum atomic E-state index is 5.78. The minimum absolute atomic E-state index is 0.311. The zero-order valence-corrected chi connectivity index (χ0v) is 12.6. The van der Waals surface area contributed by atoms with Crippen molar-refractivity contribution >= 4 is 33.3 Å². The summed E-state index contributed by atoms with van der Waals surface area (Å²) in [5.41, 5.74) is 5.78. The predicted molar refractivity (Wildman–Crippen MR) is 84.3 cm³/mol. The quantitative estimate of drug-likeness (QED) is 0.676. The fourth-order valence-corrected chi connectivity index (χ4v) is 3.07. The van der Waals surface area contributed by atoms with E-state index in [0.717, 1.165) is 42.0 Å². The average Bonchev–Trinajstić information content (AvgIpc) is 3.11. The maximum absolute atomic E-state index is 5.78. The molecule has 7 nitrogen and oxygen atoms in total. The molecule has 0 aliphatic rings. The van der Waals surface area contributed by atoms with Crippen molar-refractivity contribution in [3.63, 3.8) is 0 Å². The fourth-order valence-electron chi connectivity index (χ4n) is 2.10. The van der Waals surface area contributed by atoms with Crippen LogP contribution in [0.3, 0.4) is 0 Å². The van der Waals surface area contributed by atoms with Crippen LogP contribution in [0.1, 0.15) is 18.2 Å². The molecule has 3 aromatic rings. The molecule has 0 unspecified atom stereocenters. The first kappa shape index (κ1) is 13.7. The van der Waals surface area contributed by atoms with E-state index >= 15 is 0 Å². The minimum atomic E-state index is 0.311. The van der Waals surface area contributed by atoms with Crippen LogP contribution in [0.5, 0.6) is 0 Å². The lowest BCUT2D eigenvalue weighted by Gasteiger charge is -2.07. The highest BCUT2D eigenvalue weighted by atomic mass is 32.1. The monoisotopic (exact) mass is 303 g/mol. The Bertz CT molecular complexity index is 720. The van der Waals surface area contributed by atoms with Gasteiger partial charge in [0.2, 0.25) is 5.95 Å². The van der Waals surface area contributed by atoms with E-state index in [9.17, 15) is 0 Å². The number of aryl methyl sites for hydroxylation is 2. The molecule has 0 aliphatic carbocycles. The van der Waals surface area contributed by atoms with E-state index in [0.29, 0.717) is 5.95 Å². The highest BCUT2D eigenvalue weighted by Gasteiger charge is 2.09. The standard InChI is InChI=1S/C13H17N7S/c1-2-9-8-10-11(17-13(14)18-12(10)21-9)15-4-3-6-20-7-5-16-19-20/h5,7-8H,2-4,6H2,1H3,(H3,14,15,17,18). The van der Waals surface area contributed by atoms with Crippen LogP contribution in [-0.4, -0.2) is 31.5 Å². The molecule has 0 fully saturated rings. The molecule has 110 valence electrons. The molecule has 21 heavy (non-hydrogen) atoms. The molecule has 3 N–H and O–H groups in total. The number of anilines is 2. The van der Waals surface area contributed by atoms with Crippen LogP contribution in [0.25, 0.3) is 10.2 Å². The average molecular weight is 303 g/mol. The molecule has 0 amide bonds. The third-order valence-corrected chi connectivity index (χ3v) is 4.31. The highest BCUT2D eigenvalue weighted by molar-refractivity contribution is 7.18. The zero-order chi connectivity index (χ0) is 14.7. The largest absolute Gasteiger partial charge is 0.369 e. The molecule has 0 aliphatic heterocycles. The molecule has 0 spiro atoms. The molecule has 0 radical (unpaired) electrons. The normalized spacial score (nSPS) is 11.1. The van der Waals surface area contributed by atoms with Crippen molar-refractivity contribution in [3.05, 3.63) is 23.3 Å². The van der Waals surface area contributed by atoms with E-state index < -0.39 is 0 Å². The second-order valence-corrected chi connectivity index (χ2v) is 5.78. The van der Waals surface area contributed by atoms with E-state index in [4.69, 9.17) is 5.73 Å². The number of aromatic nitrogens is 5. The first-order valence-electron chi connectivity index (χ1n) is 6.90. The molecule has 8 heteroatoms. The van der Waals surface area contributed by atoms with Gasteiger partial charge in [0.1, 0.15) is 10.6 Å². The summed E-state index contributed by atoms with van der Waals surface area (Å²) in [6.45, 7) is 3.75. The van der Waals surface area contributed by atoms with Crippen molar-refractivity contribution in [1.29, 1.82) is 0 Å². The summed E-state index contributed by atoms with van der Waals surface area (Å²) < 4.78 is 1.81. The second kappa shape index (κ2) is 6.04. The maximum Gasteiger partial charge on any atom is 0.223 e. The number of fused-ring (bicyclic) bond motifs is 1. The van der Waals surface area contributed by atoms with Gasteiger partial charge < -0.3 is 11.1 Å². The summed E-state index contributed by atoms with van der Waals surface area (Å²) >= 11 is 1.67. The van der Waals surface area contributed by atoms with Gasteiger partial charge in [0.15, 0.2) is 0 Å². The van der Waals surface area contributed by atoms with Gasteiger partial charge in [0.25, 0.3) is 0 Å². The third-order valence-electron chi connectivity index (χ3n) is 3.14. The lowest BCUT2D eigenvalue weighted by atomic mass is 10.3. The number of nitrogens with one attached hydrogen (secondary N) is 1. The van der Waals surface area contributed by atoms with Crippen molar-refractivity contribution in [2.45, 2.75) is 26.3 Å². The van der Waals surface area contributed by atoms with Crippen LogP contribution in [0.15, 0.2) is 18.5 Å². The molecular formula is C13H17N7S. The Morgan fingerprint density at radius 1 is 1.38 bits per heavy atom. The number of nitrogens with two attached hydrogens (primary N) is 1. The summed E-state index contributed by atoms with van der Waals surface area (Å²) in [5, 5.41) is 12.1. The SMILES string of the molecule is CCc1cc2c(NCCCn3ccnn3)nc(N)nc2s1. The Morgan fingerprint density at radius 2 is 2.29 bits per heavy atom. The first-order chi connectivity index (χ1) is 10.3. The Kier molecular flexibility index (Phi) is 3.96. The molecular weight excluding hydrogens is 286 g/mol. The Morgan fingerprint density at radius 3 is 3.05 bits per heavy atom. The number of hydrogen-bond donors (Lipinski definition) is 2. The lowest BCUT2D eigenvalue weighted by Crippen LogP contribution is -2.09. The molecule has 0 atom stereocenters. The Hall–Kier alpha value is -2.22. The van der Waals surface area contributed by atoms with Gasteiger partial charge in [0.05, 0.1) is 11.6 Å². The summed E-state index contributed by atoms with van der Waals surface area (Å²) in [6, 6.07) is 2.14. The van der Waals surface area contributed by atoms with Gasteiger partial charge in [-0.15, -0.1) is 16.4 Å². The van der Waals surface area contributed by atoms with Gasteiger partial charge >= 0.3 is 0 Å². The van der Waals surface area contributed by atoms with Gasteiger partial charge in [-0.05, 0) is 18.9 Å². The summed E-state index contributed by atoms with van der Waals surface area (Å²) in [4.78, 5) is 10.8. The fraction of sp³-hybridized carbons (Fsp3) is 0.385. The first-order valence-corrected chi connectivity index (χ1v) is 7.72. The van der Waals surface area contributed by atoms with Crippen molar-refractivity contribution in [3.8, 4) is 0 Å². The van der Waals surface area contributed by atoms with E-state index in [-0.39, 0.29) is 0 Å². The van der Waals surface area contributed by atoms with Crippen LogP contribution in [0.2, 0.25) is 0 Å². The topological polar surface area (TPSA) is 94.5 Å². The molecule has 0 saturated carbocycles. The van der Waals surface area contributed by atoms with Crippen LogP contribution < -0.4 is 11.1 Å². The molecule has 3 aromatic heterocycles. The van der Waals surface area contributed by atoms with Crippen LogP contribution >= 0.6 is 11.3 Å². The van der Waals surface area contributed by atoms with E-state index in [1.807, 2.05) is 10.9 Å². The van der Waals surface area contributed by atoms with Gasteiger partial charge in [-0.3, -0.25) is 4.68 Å². The molecule has 3 heterocycles. The summed E-state index contributed by atoms with van der Waals surface area (Å²) in [6.07, 6.45) is 5.46. The zero-order valence-electron chi connectivity index (χ0n) is 11.8. The molecule has 0 saturated heterocycles. The number of nitrogens with zero attached hydrogens (tertiary/aromatic N) is 5. The number of hydrogen-bond acceptors (Lipinski definition) is 7. The second-order valence-electron chi connectivity index (χ2n) is 4.66. The van der Waals surface area contributed by atoms with Gasteiger partial charge in [-0.2, -0.15) is 4.98 Å². The van der Waals surface area contributed by atoms with Gasteiger partial charge in [-0.25, -0.2) is 4.98 Å². The molecule has 0 bridgehead atoms. The Balaban J connectivity index is 1.69. The van der Waals surface area contributed by atoms with E-state index in [1.54, 1.807) is 17.5 Å². The van der Waals surface area contributed by atoms with Crippen molar-refractivity contribution in [2.75, 3.05) is 17.6 Å². The highest BCUT2D eigenvalue weighted by Crippen LogP contribution is 2.29. The number of thiophene rings is 1. The molecule has 3 rings (SSSR count). The lowest BCUT2D eigenvalue weighted by molar-refractivity contribution is 0.569.